The van der Waals surface area contributed by atoms with E-state index >= 15 is 0 Å². The fraction of sp³-hybridized carbons (Fsp3) is 0.136. The Morgan fingerprint density at radius 3 is 2.63 bits per heavy atom. The molecule has 0 fully saturated rings. The molecule has 0 unspecified atom stereocenters. The first-order chi connectivity index (χ1) is 14.5. The van der Waals surface area contributed by atoms with Gasteiger partial charge in [0, 0.05) is 21.2 Å². The lowest BCUT2D eigenvalue weighted by Crippen LogP contribution is -2.08. The number of benzene rings is 3. The van der Waals surface area contributed by atoms with E-state index in [0.717, 1.165) is 26.2 Å². The Labute approximate surface area is 197 Å². The van der Waals surface area contributed by atoms with E-state index in [-0.39, 0.29) is 5.37 Å². The Balaban J connectivity index is 1.51. The van der Waals surface area contributed by atoms with Crippen LogP contribution in [0, 0.1) is 0 Å². The molecule has 0 radical (unpaired) electrons. The van der Waals surface area contributed by atoms with Crippen LogP contribution in [0.25, 0.3) is 0 Å². The molecule has 0 aliphatic carbocycles. The van der Waals surface area contributed by atoms with E-state index in [0.29, 0.717) is 28.2 Å². The fourth-order valence-corrected chi connectivity index (χ4v) is 4.97. The second-order valence-electron chi connectivity index (χ2n) is 6.47. The van der Waals surface area contributed by atoms with Gasteiger partial charge in [0.1, 0.15) is 17.0 Å². The first kappa shape index (κ1) is 21.4. The van der Waals surface area contributed by atoms with Crippen LogP contribution in [0.3, 0.4) is 0 Å². The van der Waals surface area contributed by atoms with Gasteiger partial charge in [0.05, 0.1) is 11.6 Å². The molecule has 4 nitrogen and oxygen atoms in total. The van der Waals surface area contributed by atoms with Gasteiger partial charge in [-0.1, -0.05) is 71.4 Å². The molecule has 1 heterocycles. The maximum atomic E-state index is 6.25. The molecular formula is C22H17BrCl2N2O2S. The molecule has 1 atom stereocenters. The quantitative estimate of drug-likeness (QED) is 0.376. The molecule has 0 spiro atoms. The smallest absolute Gasteiger partial charge is 0.175 e. The van der Waals surface area contributed by atoms with Crippen LogP contribution in [-0.2, 0) is 6.61 Å². The second-order valence-corrected chi connectivity index (χ2v) is 9.26. The number of rotatable bonds is 6. The largest absolute Gasteiger partial charge is 0.493 e. The number of halogens is 3. The van der Waals surface area contributed by atoms with Crippen molar-refractivity contribution in [1.29, 1.82) is 0 Å². The number of thioether (sulfide) groups is 1. The van der Waals surface area contributed by atoms with Gasteiger partial charge in [0.15, 0.2) is 11.5 Å². The number of hydrogen-bond donors (Lipinski definition) is 1. The lowest BCUT2D eigenvalue weighted by atomic mass is 10.2. The van der Waals surface area contributed by atoms with E-state index in [9.17, 15) is 0 Å². The van der Waals surface area contributed by atoms with Crippen LogP contribution in [0.4, 0.5) is 0 Å². The summed E-state index contributed by atoms with van der Waals surface area (Å²) in [6.07, 6.45) is 0. The van der Waals surface area contributed by atoms with Crippen molar-refractivity contribution in [2.24, 2.45) is 5.10 Å². The molecule has 30 heavy (non-hydrogen) atoms. The fourth-order valence-electron chi connectivity index (χ4n) is 2.96. The summed E-state index contributed by atoms with van der Waals surface area (Å²) in [4.78, 5) is 0. The number of nitrogens with one attached hydrogen (secondary N) is 1. The third-order valence-corrected chi connectivity index (χ3v) is 6.81. The summed E-state index contributed by atoms with van der Waals surface area (Å²) < 4.78 is 12.4. The molecule has 0 bridgehead atoms. The first-order valence-corrected chi connectivity index (χ1v) is 11.5. The van der Waals surface area contributed by atoms with Crippen LogP contribution >= 0.6 is 50.9 Å². The van der Waals surface area contributed by atoms with Crippen LogP contribution in [0.1, 0.15) is 22.1 Å². The number of nitrogens with zero attached hydrogens (tertiary/aromatic N) is 1. The minimum absolute atomic E-state index is 0.0230. The van der Waals surface area contributed by atoms with Gasteiger partial charge in [-0.15, -0.1) is 0 Å². The van der Waals surface area contributed by atoms with Crippen LogP contribution in [0.15, 0.2) is 70.2 Å². The zero-order valence-electron chi connectivity index (χ0n) is 15.9. The van der Waals surface area contributed by atoms with E-state index in [1.807, 2.05) is 48.5 Å². The SMILES string of the molecule is COc1cc([C@H]2NN=C(c3ccccc3)S2)cc(Br)c1OCc1ccc(Cl)cc1Cl. The lowest BCUT2D eigenvalue weighted by Gasteiger charge is -2.17. The molecule has 0 saturated heterocycles. The second kappa shape index (κ2) is 9.52. The molecule has 3 aromatic carbocycles. The standard InChI is InChI=1S/C22H17BrCl2N2O2S/c1-28-19-10-15(22-27-26-21(30-22)13-5-3-2-4-6-13)9-17(23)20(19)29-12-14-7-8-16(24)11-18(14)25/h2-11,22,27H,12H2,1H3/t22-/m0/s1. The Morgan fingerprint density at radius 2 is 1.90 bits per heavy atom. The lowest BCUT2D eigenvalue weighted by molar-refractivity contribution is 0.282. The molecule has 4 rings (SSSR count). The number of hydrogen-bond acceptors (Lipinski definition) is 5. The minimum atomic E-state index is -0.0230. The van der Waals surface area contributed by atoms with Crippen molar-refractivity contribution in [3.05, 3.63) is 91.9 Å². The highest BCUT2D eigenvalue weighted by Crippen LogP contribution is 2.42. The van der Waals surface area contributed by atoms with Crippen LogP contribution < -0.4 is 14.9 Å². The molecule has 0 aromatic heterocycles. The minimum Gasteiger partial charge on any atom is -0.493 e. The summed E-state index contributed by atoms with van der Waals surface area (Å²) >= 11 is 17.5. The summed E-state index contributed by atoms with van der Waals surface area (Å²) in [6.45, 7) is 0.294. The van der Waals surface area contributed by atoms with Crippen molar-refractivity contribution in [2.75, 3.05) is 7.11 Å². The van der Waals surface area contributed by atoms with Gasteiger partial charge < -0.3 is 9.47 Å². The zero-order valence-corrected chi connectivity index (χ0v) is 19.8. The number of hydrazone groups is 1. The molecule has 1 aliphatic heterocycles. The normalized spacial score (nSPS) is 15.5. The first-order valence-electron chi connectivity index (χ1n) is 9.04. The summed E-state index contributed by atoms with van der Waals surface area (Å²) in [5, 5.41) is 6.56. The van der Waals surface area contributed by atoms with Gasteiger partial charge in [-0.2, -0.15) is 5.10 Å². The molecule has 8 heteroatoms. The van der Waals surface area contributed by atoms with E-state index in [2.05, 4.69) is 26.5 Å². The van der Waals surface area contributed by atoms with Crippen molar-refractivity contribution in [1.82, 2.24) is 5.43 Å². The number of methoxy groups -OCH3 is 1. The van der Waals surface area contributed by atoms with Gasteiger partial charge in [-0.3, -0.25) is 5.43 Å². The Kier molecular flexibility index (Phi) is 6.78. The van der Waals surface area contributed by atoms with Gasteiger partial charge in [0.2, 0.25) is 0 Å². The van der Waals surface area contributed by atoms with E-state index in [1.54, 1.807) is 31.0 Å². The van der Waals surface area contributed by atoms with Crippen molar-refractivity contribution in [3.8, 4) is 11.5 Å². The van der Waals surface area contributed by atoms with Crippen molar-refractivity contribution < 1.29 is 9.47 Å². The topological polar surface area (TPSA) is 42.8 Å². The third kappa shape index (κ3) is 4.72. The molecular weight excluding hydrogens is 507 g/mol. The average Bonchev–Trinajstić information content (AvgIpc) is 3.24. The number of ether oxygens (including phenoxy) is 2. The van der Waals surface area contributed by atoms with E-state index in [1.165, 1.54) is 0 Å². The van der Waals surface area contributed by atoms with Gasteiger partial charge in [-0.25, -0.2) is 0 Å². The summed E-state index contributed by atoms with van der Waals surface area (Å²) in [6, 6.07) is 19.4. The predicted molar refractivity (Wildman–Crippen MR) is 128 cm³/mol. The van der Waals surface area contributed by atoms with Crippen LogP contribution in [-0.4, -0.2) is 12.2 Å². The van der Waals surface area contributed by atoms with Crippen molar-refractivity contribution in [3.63, 3.8) is 0 Å². The van der Waals surface area contributed by atoms with Crippen molar-refractivity contribution >= 4 is 55.9 Å². The van der Waals surface area contributed by atoms with Crippen LogP contribution in [0.5, 0.6) is 11.5 Å². The third-order valence-electron chi connectivity index (χ3n) is 4.48. The highest BCUT2D eigenvalue weighted by atomic mass is 79.9. The van der Waals surface area contributed by atoms with Crippen LogP contribution in [0.2, 0.25) is 10.0 Å². The molecule has 154 valence electrons. The molecule has 1 N–H and O–H groups in total. The molecule has 1 aliphatic rings. The van der Waals surface area contributed by atoms with E-state index in [4.69, 9.17) is 32.7 Å². The Morgan fingerprint density at radius 1 is 1.10 bits per heavy atom. The molecule has 3 aromatic rings. The Bertz CT molecular complexity index is 1100. The predicted octanol–water partition coefficient (Wildman–Crippen LogP) is 7.04. The van der Waals surface area contributed by atoms with E-state index < -0.39 is 0 Å². The highest BCUT2D eigenvalue weighted by Gasteiger charge is 2.24. The van der Waals surface area contributed by atoms with Crippen molar-refractivity contribution in [2.45, 2.75) is 12.0 Å². The average molecular weight is 524 g/mol. The Hall–Kier alpha value is -1.86. The maximum absolute atomic E-state index is 6.25. The maximum Gasteiger partial charge on any atom is 0.175 e. The van der Waals surface area contributed by atoms with Gasteiger partial charge in [-0.05, 0) is 45.8 Å². The monoisotopic (exact) mass is 522 g/mol. The molecule has 0 saturated carbocycles. The van der Waals surface area contributed by atoms with Gasteiger partial charge in [0.25, 0.3) is 0 Å². The molecule has 0 amide bonds. The summed E-state index contributed by atoms with van der Waals surface area (Å²) in [5.74, 6) is 1.24. The van der Waals surface area contributed by atoms with Gasteiger partial charge >= 0.3 is 0 Å². The highest BCUT2D eigenvalue weighted by molar-refractivity contribution is 9.10. The summed E-state index contributed by atoms with van der Waals surface area (Å²) in [5.41, 5.74) is 6.14. The summed E-state index contributed by atoms with van der Waals surface area (Å²) in [7, 11) is 1.62. The zero-order chi connectivity index (χ0) is 21.1.